The zero-order valence-corrected chi connectivity index (χ0v) is 10.7. The van der Waals surface area contributed by atoms with Gasteiger partial charge in [-0.1, -0.05) is 0 Å². The number of nitro benzene ring substituents is 1. The number of Topliss-reactive ketones (excluding diaryl/α,β-unsaturated/α-hetero) is 1. The molecule has 0 fully saturated rings. The molecule has 1 aromatic carbocycles. The second-order valence-electron chi connectivity index (χ2n) is 2.82. The summed E-state index contributed by atoms with van der Waals surface area (Å²) >= 11 is 7.15. The van der Waals surface area contributed by atoms with Gasteiger partial charge in [0.05, 0.1) is 10.8 Å². The molecule has 1 rings (SSSR count). The van der Waals surface area contributed by atoms with Crippen molar-refractivity contribution in [3.63, 3.8) is 0 Å². The number of ketones is 1. The third kappa shape index (κ3) is 2.56. The molecule has 0 bridgehead atoms. The summed E-state index contributed by atoms with van der Waals surface area (Å²) in [5, 5.41) is 10.5. The van der Waals surface area contributed by atoms with E-state index in [2.05, 4.69) is 0 Å². The van der Waals surface area contributed by atoms with E-state index in [1.165, 1.54) is 6.07 Å². The maximum atomic E-state index is 11.4. The smallest absolute Gasteiger partial charge is 0.271 e. The summed E-state index contributed by atoms with van der Waals surface area (Å²) in [5.74, 6) is -0.697. The summed E-state index contributed by atoms with van der Waals surface area (Å²) in [6.07, 6.45) is 0.412. The van der Waals surface area contributed by atoms with Gasteiger partial charge < -0.3 is 0 Å². The number of carbonyl (C=O) groups excluding carboxylic acids is 2. The normalized spacial score (nSPS) is 9.88. The van der Waals surface area contributed by atoms with Gasteiger partial charge in [-0.25, -0.2) is 0 Å². The number of hydrogen-bond acceptors (Lipinski definition) is 4. The van der Waals surface area contributed by atoms with Gasteiger partial charge in [0, 0.05) is 26.8 Å². The summed E-state index contributed by atoms with van der Waals surface area (Å²) in [5.41, 5.74) is -0.0990. The van der Waals surface area contributed by atoms with E-state index < -0.39 is 10.7 Å². The van der Waals surface area contributed by atoms with E-state index in [1.807, 2.05) is 0 Å². The van der Waals surface area contributed by atoms with Gasteiger partial charge in [-0.15, -0.1) is 11.6 Å². The minimum atomic E-state index is -0.621. The van der Waals surface area contributed by atoms with Crippen LogP contribution in [0.5, 0.6) is 0 Å². The molecule has 0 unspecified atom stereocenters. The van der Waals surface area contributed by atoms with Gasteiger partial charge in [0.15, 0.2) is 12.1 Å². The molecule has 0 amide bonds. The first-order valence-corrected chi connectivity index (χ1v) is 5.65. The molecule has 0 radical (unpaired) electrons. The van der Waals surface area contributed by atoms with E-state index >= 15 is 0 Å². The van der Waals surface area contributed by atoms with Crippen molar-refractivity contribution in [1.29, 1.82) is 0 Å². The molecule has 16 heavy (non-hydrogen) atoms. The Kier molecular flexibility index (Phi) is 4.36. The molecule has 0 atom stereocenters. The van der Waals surface area contributed by atoms with Gasteiger partial charge in [0.1, 0.15) is 0 Å². The predicted molar refractivity (Wildman–Crippen MR) is 66.3 cm³/mol. The van der Waals surface area contributed by atoms with Crippen molar-refractivity contribution in [1.82, 2.24) is 0 Å². The number of nitrogens with zero attached hydrogens (tertiary/aromatic N) is 1. The Labute approximate surface area is 109 Å². The molecule has 0 aliphatic heterocycles. The highest BCUT2D eigenvalue weighted by molar-refractivity contribution is 14.1. The van der Waals surface area contributed by atoms with Crippen LogP contribution in [0.1, 0.15) is 20.7 Å². The fourth-order valence-corrected chi connectivity index (χ4v) is 2.24. The lowest BCUT2D eigenvalue weighted by Gasteiger charge is -2.04. The molecule has 0 N–H and O–H groups in total. The number of halogens is 2. The molecular formula is C9H5ClINO4. The van der Waals surface area contributed by atoms with Crippen LogP contribution in [-0.2, 0) is 0 Å². The first-order chi connectivity index (χ1) is 7.51. The Hall–Kier alpha value is -1.02. The Morgan fingerprint density at radius 3 is 2.62 bits per heavy atom. The highest BCUT2D eigenvalue weighted by Gasteiger charge is 2.19. The number of nitro groups is 1. The number of rotatable bonds is 4. The zero-order valence-electron chi connectivity index (χ0n) is 7.78. The molecule has 0 spiro atoms. The van der Waals surface area contributed by atoms with Crippen LogP contribution < -0.4 is 0 Å². The van der Waals surface area contributed by atoms with Gasteiger partial charge in [0.2, 0.25) is 0 Å². The van der Waals surface area contributed by atoms with E-state index in [4.69, 9.17) is 11.6 Å². The van der Waals surface area contributed by atoms with Crippen molar-refractivity contribution >= 4 is 51.9 Å². The van der Waals surface area contributed by atoms with Crippen molar-refractivity contribution in [3.05, 3.63) is 36.9 Å². The number of aldehydes is 1. The van der Waals surface area contributed by atoms with Crippen molar-refractivity contribution in [2.75, 3.05) is 5.88 Å². The number of carbonyl (C=O) groups is 2. The van der Waals surface area contributed by atoms with Crippen LogP contribution in [0.4, 0.5) is 5.69 Å². The SMILES string of the molecule is O=Cc1cc([N+](=O)[O-])cc(I)c1C(=O)CCl. The quantitative estimate of drug-likeness (QED) is 0.208. The lowest BCUT2D eigenvalue weighted by molar-refractivity contribution is -0.385. The van der Waals surface area contributed by atoms with E-state index in [9.17, 15) is 19.7 Å². The molecule has 0 aliphatic rings. The molecule has 0 saturated heterocycles. The largest absolute Gasteiger partial charge is 0.298 e. The van der Waals surface area contributed by atoms with Gasteiger partial charge in [0.25, 0.3) is 5.69 Å². The molecule has 0 saturated carbocycles. The number of alkyl halides is 1. The van der Waals surface area contributed by atoms with Crippen molar-refractivity contribution < 1.29 is 14.5 Å². The first kappa shape index (κ1) is 13.0. The summed E-state index contributed by atoms with van der Waals surface area (Å²) in [6, 6.07) is 2.29. The molecule has 1 aromatic rings. The predicted octanol–water partition coefficient (Wildman–Crippen LogP) is 2.43. The number of hydrogen-bond donors (Lipinski definition) is 0. The third-order valence-corrected chi connectivity index (χ3v) is 2.94. The van der Waals surface area contributed by atoms with E-state index in [1.54, 1.807) is 22.6 Å². The fourth-order valence-electron chi connectivity index (χ4n) is 1.17. The first-order valence-electron chi connectivity index (χ1n) is 4.03. The van der Waals surface area contributed by atoms with Crippen LogP contribution >= 0.6 is 34.2 Å². The van der Waals surface area contributed by atoms with Crippen molar-refractivity contribution in [2.24, 2.45) is 0 Å². The monoisotopic (exact) mass is 353 g/mol. The second kappa shape index (κ2) is 5.35. The molecule has 0 heterocycles. The number of benzene rings is 1. The van der Waals surface area contributed by atoms with Crippen LogP contribution in [0.2, 0.25) is 0 Å². The molecule has 84 valence electrons. The summed E-state index contributed by atoms with van der Waals surface area (Å²) in [6.45, 7) is 0. The topological polar surface area (TPSA) is 77.3 Å². The minimum absolute atomic E-state index is 0.00995. The standard InChI is InChI=1S/C9H5ClINO4/c10-3-8(14)9-5(4-13)1-6(12(15)16)2-7(9)11/h1-2,4H,3H2. The third-order valence-electron chi connectivity index (χ3n) is 1.84. The maximum Gasteiger partial charge on any atom is 0.271 e. The minimum Gasteiger partial charge on any atom is -0.298 e. The maximum absolute atomic E-state index is 11.4. The highest BCUT2D eigenvalue weighted by atomic mass is 127. The average molecular weight is 353 g/mol. The zero-order chi connectivity index (χ0) is 12.3. The molecular weight excluding hydrogens is 348 g/mol. The number of non-ortho nitro benzene ring substituents is 1. The van der Waals surface area contributed by atoms with Crippen molar-refractivity contribution in [3.8, 4) is 0 Å². The Balaban J connectivity index is 3.45. The summed E-state index contributed by atoms with van der Waals surface area (Å²) in [4.78, 5) is 32.1. The van der Waals surface area contributed by atoms with Crippen LogP contribution in [-0.4, -0.2) is 22.9 Å². The van der Waals surface area contributed by atoms with Gasteiger partial charge >= 0.3 is 0 Å². The Morgan fingerprint density at radius 1 is 1.56 bits per heavy atom. The lowest BCUT2D eigenvalue weighted by Crippen LogP contribution is -2.08. The van der Waals surface area contributed by atoms with E-state index in [0.29, 0.717) is 9.86 Å². The Bertz CT molecular complexity index is 475. The van der Waals surface area contributed by atoms with Crippen LogP contribution in [0.25, 0.3) is 0 Å². The molecule has 7 heteroatoms. The van der Waals surface area contributed by atoms with E-state index in [0.717, 1.165) is 6.07 Å². The van der Waals surface area contributed by atoms with Gasteiger partial charge in [-0.05, 0) is 22.6 Å². The molecule has 0 aliphatic carbocycles. The fraction of sp³-hybridized carbons (Fsp3) is 0.111. The Morgan fingerprint density at radius 2 is 2.19 bits per heavy atom. The summed E-state index contributed by atoms with van der Waals surface area (Å²) < 4.78 is 0.347. The van der Waals surface area contributed by atoms with E-state index in [-0.39, 0.29) is 22.7 Å². The molecule has 0 aromatic heterocycles. The lowest BCUT2D eigenvalue weighted by atomic mass is 10.0. The second-order valence-corrected chi connectivity index (χ2v) is 4.25. The van der Waals surface area contributed by atoms with Gasteiger partial charge in [-0.2, -0.15) is 0 Å². The summed E-state index contributed by atoms with van der Waals surface area (Å²) in [7, 11) is 0. The molecule has 5 nitrogen and oxygen atoms in total. The average Bonchev–Trinajstić information content (AvgIpc) is 2.26. The van der Waals surface area contributed by atoms with Crippen molar-refractivity contribution in [2.45, 2.75) is 0 Å². The highest BCUT2D eigenvalue weighted by Crippen LogP contribution is 2.24. The van der Waals surface area contributed by atoms with Crippen LogP contribution in [0, 0.1) is 13.7 Å². The van der Waals surface area contributed by atoms with Crippen LogP contribution in [0.15, 0.2) is 12.1 Å². The van der Waals surface area contributed by atoms with Crippen LogP contribution in [0.3, 0.4) is 0 Å². The van der Waals surface area contributed by atoms with Gasteiger partial charge in [-0.3, -0.25) is 19.7 Å².